The SMILES string of the molecule is C=C(C)C(=O)CC(O)COC(=O)c1ccccc1C(=O)OCC(CC(=O)C(=C)C)OC(=O)c1ccccc1C(=O)[O-]. The zero-order chi connectivity index (χ0) is 30.7. The lowest BCUT2D eigenvalue weighted by molar-refractivity contribution is -0.255. The van der Waals surface area contributed by atoms with Crippen molar-refractivity contribution < 1.29 is 53.2 Å². The van der Waals surface area contributed by atoms with Gasteiger partial charge in [0.05, 0.1) is 35.2 Å². The van der Waals surface area contributed by atoms with E-state index in [2.05, 4.69) is 13.2 Å². The topological polar surface area (TPSA) is 173 Å². The minimum atomic E-state index is -1.61. The molecule has 0 bridgehead atoms. The predicted molar refractivity (Wildman–Crippen MR) is 142 cm³/mol. The van der Waals surface area contributed by atoms with E-state index in [9.17, 15) is 39.0 Å². The van der Waals surface area contributed by atoms with Gasteiger partial charge in [-0.15, -0.1) is 0 Å². The molecule has 0 aliphatic heterocycles. The highest BCUT2D eigenvalue weighted by Gasteiger charge is 2.26. The number of hydrogen-bond acceptors (Lipinski definition) is 11. The summed E-state index contributed by atoms with van der Waals surface area (Å²) in [5.41, 5.74) is -0.796. The van der Waals surface area contributed by atoms with E-state index in [-0.39, 0.29) is 34.3 Å². The second-order valence-corrected chi connectivity index (χ2v) is 9.07. The van der Waals surface area contributed by atoms with Crippen molar-refractivity contribution in [1.29, 1.82) is 0 Å². The summed E-state index contributed by atoms with van der Waals surface area (Å²) >= 11 is 0. The molecule has 2 aromatic rings. The van der Waals surface area contributed by atoms with Gasteiger partial charge in [-0.1, -0.05) is 43.5 Å². The largest absolute Gasteiger partial charge is 0.545 e. The van der Waals surface area contributed by atoms with Gasteiger partial charge in [-0.05, 0) is 43.2 Å². The van der Waals surface area contributed by atoms with Crippen LogP contribution < -0.4 is 5.11 Å². The van der Waals surface area contributed by atoms with E-state index >= 15 is 0 Å². The number of esters is 3. The molecule has 216 valence electrons. The average Bonchev–Trinajstić information content (AvgIpc) is 2.94. The van der Waals surface area contributed by atoms with Crippen molar-refractivity contribution in [2.24, 2.45) is 0 Å². The summed E-state index contributed by atoms with van der Waals surface area (Å²) in [7, 11) is 0. The van der Waals surface area contributed by atoms with Crippen LogP contribution in [-0.4, -0.2) is 66.0 Å². The van der Waals surface area contributed by atoms with Crippen LogP contribution in [0.1, 0.15) is 68.1 Å². The van der Waals surface area contributed by atoms with Crippen molar-refractivity contribution in [2.45, 2.75) is 38.9 Å². The van der Waals surface area contributed by atoms with Crippen LogP contribution in [0, 0.1) is 0 Å². The zero-order valence-corrected chi connectivity index (χ0v) is 22.5. The summed E-state index contributed by atoms with van der Waals surface area (Å²) in [6.07, 6.45) is -3.34. The fraction of sp³-hybridized carbons (Fsp3) is 0.267. The van der Waals surface area contributed by atoms with Crippen molar-refractivity contribution in [3.8, 4) is 0 Å². The molecule has 2 aromatic carbocycles. The van der Waals surface area contributed by atoms with Crippen molar-refractivity contribution in [3.05, 3.63) is 95.1 Å². The van der Waals surface area contributed by atoms with Crippen molar-refractivity contribution in [3.63, 3.8) is 0 Å². The number of carboxylic acid groups (broad SMARTS) is 1. The Morgan fingerprint density at radius 1 is 0.707 bits per heavy atom. The Morgan fingerprint density at radius 2 is 1.12 bits per heavy atom. The maximum Gasteiger partial charge on any atom is 0.339 e. The van der Waals surface area contributed by atoms with Crippen LogP contribution in [0.3, 0.4) is 0 Å². The van der Waals surface area contributed by atoms with E-state index < -0.39 is 72.8 Å². The molecule has 0 aliphatic carbocycles. The first-order valence-corrected chi connectivity index (χ1v) is 12.3. The van der Waals surface area contributed by atoms with Crippen LogP contribution in [0.2, 0.25) is 0 Å². The number of carbonyl (C=O) groups is 6. The summed E-state index contributed by atoms with van der Waals surface area (Å²) < 4.78 is 15.6. The molecule has 0 heterocycles. The van der Waals surface area contributed by atoms with E-state index in [1.807, 2.05) is 0 Å². The first-order chi connectivity index (χ1) is 19.3. The van der Waals surface area contributed by atoms with E-state index in [1.165, 1.54) is 56.3 Å². The Kier molecular flexibility index (Phi) is 11.9. The molecular formula is C30H29O11-. The number of hydrogen-bond donors (Lipinski definition) is 1. The summed E-state index contributed by atoms with van der Waals surface area (Å²) in [5, 5.41) is 21.3. The minimum Gasteiger partial charge on any atom is -0.545 e. The van der Waals surface area contributed by atoms with E-state index in [4.69, 9.17) is 14.2 Å². The zero-order valence-electron chi connectivity index (χ0n) is 22.5. The molecule has 0 spiro atoms. The van der Waals surface area contributed by atoms with Crippen LogP contribution in [0.15, 0.2) is 72.8 Å². The lowest BCUT2D eigenvalue weighted by Gasteiger charge is -2.19. The average molecular weight is 566 g/mol. The molecule has 0 amide bonds. The highest BCUT2D eigenvalue weighted by molar-refractivity contribution is 6.03. The molecule has 0 saturated heterocycles. The van der Waals surface area contributed by atoms with Crippen LogP contribution in [0.25, 0.3) is 0 Å². The van der Waals surface area contributed by atoms with Gasteiger partial charge in [0, 0.05) is 12.0 Å². The number of rotatable bonds is 15. The first-order valence-electron chi connectivity index (χ1n) is 12.3. The van der Waals surface area contributed by atoms with Crippen molar-refractivity contribution >= 4 is 35.4 Å². The third kappa shape index (κ3) is 9.66. The van der Waals surface area contributed by atoms with Gasteiger partial charge >= 0.3 is 17.9 Å². The van der Waals surface area contributed by atoms with Gasteiger partial charge in [0.25, 0.3) is 0 Å². The fourth-order valence-electron chi connectivity index (χ4n) is 3.35. The normalized spacial score (nSPS) is 11.9. The molecule has 0 fully saturated rings. The predicted octanol–water partition coefficient (Wildman–Crippen LogP) is 2.02. The quantitative estimate of drug-likeness (QED) is 0.190. The van der Waals surface area contributed by atoms with Gasteiger partial charge < -0.3 is 29.2 Å². The van der Waals surface area contributed by atoms with Gasteiger partial charge in [0.1, 0.15) is 19.3 Å². The standard InChI is InChI=1S/C30H30O11/c1-17(2)25(32)13-19(31)15-39-28(36)23-11-7-8-12-24(23)29(37)40-16-20(14-26(33)18(3)4)41-30(38)22-10-6-5-9-21(22)27(34)35/h5-12,19-20,31H,1,3,13-16H2,2,4H3,(H,34,35)/p-1. The Balaban J connectivity index is 2.15. The Hall–Kier alpha value is -4.90. The van der Waals surface area contributed by atoms with E-state index in [1.54, 1.807) is 0 Å². The highest BCUT2D eigenvalue weighted by Crippen LogP contribution is 2.16. The number of allylic oxidation sites excluding steroid dienone is 2. The van der Waals surface area contributed by atoms with Crippen LogP contribution in [-0.2, 0) is 23.8 Å². The third-order valence-corrected chi connectivity index (χ3v) is 5.60. The number of aliphatic hydroxyl groups is 1. The molecule has 0 radical (unpaired) electrons. The molecule has 1 N–H and O–H groups in total. The molecule has 0 aliphatic rings. The van der Waals surface area contributed by atoms with Gasteiger partial charge in [-0.2, -0.15) is 0 Å². The summed E-state index contributed by atoms with van der Waals surface area (Å²) in [4.78, 5) is 73.6. The monoisotopic (exact) mass is 565 g/mol. The molecule has 11 nitrogen and oxygen atoms in total. The minimum absolute atomic E-state index is 0.146. The Labute approximate surface area is 236 Å². The number of benzene rings is 2. The molecule has 11 heteroatoms. The van der Waals surface area contributed by atoms with Crippen molar-refractivity contribution in [1.82, 2.24) is 0 Å². The molecule has 0 aromatic heterocycles. The molecule has 2 unspecified atom stereocenters. The lowest BCUT2D eigenvalue weighted by Crippen LogP contribution is -2.30. The van der Waals surface area contributed by atoms with Gasteiger partial charge in [0.15, 0.2) is 11.6 Å². The number of carboxylic acids is 1. The van der Waals surface area contributed by atoms with Crippen LogP contribution in [0.4, 0.5) is 0 Å². The molecule has 2 atom stereocenters. The number of carbonyl (C=O) groups excluding carboxylic acids is 6. The van der Waals surface area contributed by atoms with Crippen molar-refractivity contribution in [2.75, 3.05) is 13.2 Å². The number of ketones is 2. The van der Waals surface area contributed by atoms with Gasteiger partial charge in [-0.3, -0.25) is 9.59 Å². The maximum atomic E-state index is 12.9. The number of aliphatic hydroxyl groups excluding tert-OH is 1. The van der Waals surface area contributed by atoms with Crippen LogP contribution >= 0.6 is 0 Å². The van der Waals surface area contributed by atoms with Gasteiger partial charge in [-0.25, -0.2) is 14.4 Å². The smallest absolute Gasteiger partial charge is 0.339 e. The summed E-state index contributed by atoms with van der Waals surface area (Å²) in [6.45, 7) is 8.79. The number of ether oxygens (including phenoxy) is 3. The van der Waals surface area contributed by atoms with Crippen LogP contribution in [0.5, 0.6) is 0 Å². The summed E-state index contributed by atoms with van der Waals surface area (Å²) in [6, 6.07) is 10.6. The molecule has 2 rings (SSSR count). The Bertz CT molecular complexity index is 1370. The maximum absolute atomic E-state index is 12.9. The molecule has 0 saturated carbocycles. The molecule has 41 heavy (non-hydrogen) atoms. The lowest BCUT2D eigenvalue weighted by atomic mass is 10.1. The fourth-order valence-corrected chi connectivity index (χ4v) is 3.35. The van der Waals surface area contributed by atoms with E-state index in [0.717, 1.165) is 6.07 Å². The van der Waals surface area contributed by atoms with E-state index in [0.29, 0.717) is 0 Å². The summed E-state index contributed by atoms with van der Waals surface area (Å²) in [5.74, 6) is -5.60. The second-order valence-electron chi connectivity index (χ2n) is 9.07. The highest BCUT2D eigenvalue weighted by atomic mass is 16.6. The first kappa shape index (κ1) is 32.3. The number of aromatic carboxylic acids is 1. The third-order valence-electron chi connectivity index (χ3n) is 5.60. The Morgan fingerprint density at radius 3 is 1.59 bits per heavy atom. The second kappa shape index (κ2) is 15.0. The molecular weight excluding hydrogens is 536 g/mol. The van der Waals surface area contributed by atoms with Gasteiger partial charge in [0.2, 0.25) is 0 Å². The number of Topliss-reactive ketones (excluding diaryl/α,β-unsaturated/α-hetero) is 2.